The Morgan fingerprint density at radius 1 is 1.06 bits per heavy atom. The number of esters is 1. The van der Waals surface area contributed by atoms with Crippen LogP contribution in [0, 0.1) is 5.82 Å². The molecule has 0 saturated carbocycles. The number of ether oxygens (including phenoxy) is 2. The molecule has 1 heterocycles. The molecule has 0 radical (unpaired) electrons. The number of halogens is 1. The second kappa shape index (κ2) is 9.62. The number of cyclic esters (lactones) is 1. The van der Waals surface area contributed by atoms with Crippen molar-refractivity contribution in [3.63, 3.8) is 0 Å². The second-order valence-corrected chi connectivity index (χ2v) is 7.51. The Labute approximate surface area is 185 Å². The molecule has 3 aromatic rings. The van der Waals surface area contributed by atoms with Crippen LogP contribution in [0.4, 0.5) is 9.18 Å². The normalized spacial score (nSPS) is 15.5. The number of nitrogens with two attached hydrogens (primary N) is 1. The molecule has 0 bridgehead atoms. The van der Waals surface area contributed by atoms with Gasteiger partial charge in [0, 0.05) is 13.1 Å². The van der Waals surface area contributed by atoms with Gasteiger partial charge >= 0.3 is 12.1 Å². The zero-order valence-electron chi connectivity index (χ0n) is 17.4. The van der Waals surface area contributed by atoms with Crippen molar-refractivity contribution in [2.75, 3.05) is 19.7 Å². The number of amides is 1. The Morgan fingerprint density at radius 3 is 2.53 bits per heavy atom. The van der Waals surface area contributed by atoms with Crippen molar-refractivity contribution in [3.8, 4) is 11.1 Å². The van der Waals surface area contributed by atoms with Crippen molar-refractivity contribution in [2.45, 2.75) is 12.6 Å². The molecule has 1 unspecified atom stereocenters. The highest BCUT2D eigenvalue weighted by atomic mass is 19.1. The van der Waals surface area contributed by atoms with E-state index in [-0.39, 0.29) is 19.0 Å². The highest BCUT2D eigenvalue weighted by Gasteiger charge is 2.32. The van der Waals surface area contributed by atoms with Gasteiger partial charge in [0.15, 0.2) is 0 Å². The van der Waals surface area contributed by atoms with Crippen molar-refractivity contribution >= 4 is 12.1 Å². The minimum Gasteiger partial charge on any atom is -0.461 e. The van der Waals surface area contributed by atoms with Crippen molar-refractivity contribution in [1.82, 2.24) is 4.90 Å². The van der Waals surface area contributed by atoms with E-state index in [2.05, 4.69) is 0 Å². The minimum absolute atomic E-state index is 0.179. The number of carbonyl (C=O) groups excluding carboxylic acids is 2. The van der Waals surface area contributed by atoms with Gasteiger partial charge in [0.1, 0.15) is 18.5 Å². The SMILES string of the molecule is NCCOC(=O)c1cccc(-c2ccc(CN3CC(c4ccc(F)cc4)OC3=O)cc2)c1. The third-order valence-electron chi connectivity index (χ3n) is 5.24. The fourth-order valence-corrected chi connectivity index (χ4v) is 3.57. The standard InChI is InChI=1S/C25H23FN2O4/c26-22-10-8-19(9-11-22)23-16-28(25(30)32-23)15-17-4-6-18(7-5-17)20-2-1-3-21(14-20)24(29)31-13-12-27/h1-11,14,23H,12-13,15-16,27H2. The number of rotatable bonds is 7. The maximum absolute atomic E-state index is 13.1. The highest BCUT2D eigenvalue weighted by molar-refractivity contribution is 5.91. The van der Waals surface area contributed by atoms with E-state index in [0.29, 0.717) is 18.7 Å². The molecule has 7 heteroatoms. The van der Waals surface area contributed by atoms with Crippen LogP contribution in [0.5, 0.6) is 0 Å². The Morgan fingerprint density at radius 2 is 1.81 bits per heavy atom. The lowest BCUT2D eigenvalue weighted by Gasteiger charge is -2.13. The van der Waals surface area contributed by atoms with E-state index >= 15 is 0 Å². The predicted octanol–water partition coefficient (Wildman–Crippen LogP) is 4.30. The highest BCUT2D eigenvalue weighted by Crippen LogP contribution is 2.28. The maximum atomic E-state index is 13.1. The van der Waals surface area contributed by atoms with Gasteiger partial charge in [-0.05, 0) is 46.5 Å². The minimum atomic E-state index is -0.413. The largest absolute Gasteiger partial charge is 0.461 e. The van der Waals surface area contributed by atoms with Crippen molar-refractivity contribution in [2.24, 2.45) is 5.73 Å². The summed E-state index contributed by atoms with van der Waals surface area (Å²) >= 11 is 0. The van der Waals surface area contributed by atoms with Gasteiger partial charge in [0.05, 0.1) is 12.1 Å². The molecule has 1 aliphatic heterocycles. The molecule has 6 nitrogen and oxygen atoms in total. The average molecular weight is 434 g/mol. The van der Waals surface area contributed by atoms with Gasteiger partial charge in [-0.3, -0.25) is 4.90 Å². The Hall–Kier alpha value is -3.71. The monoisotopic (exact) mass is 434 g/mol. The van der Waals surface area contributed by atoms with Crippen LogP contribution in [-0.2, 0) is 16.0 Å². The van der Waals surface area contributed by atoms with Crippen molar-refractivity contribution in [3.05, 3.63) is 95.3 Å². The first-order valence-electron chi connectivity index (χ1n) is 10.3. The predicted molar refractivity (Wildman–Crippen MR) is 117 cm³/mol. The van der Waals surface area contributed by atoms with Crippen molar-refractivity contribution in [1.29, 1.82) is 0 Å². The van der Waals surface area contributed by atoms with Gasteiger partial charge in [-0.25, -0.2) is 14.0 Å². The topological polar surface area (TPSA) is 81.9 Å². The Kier molecular flexibility index (Phi) is 6.47. The first-order chi connectivity index (χ1) is 15.5. The summed E-state index contributed by atoms with van der Waals surface area (Å²) < 4.78 is 23.7. The van der Waals surface area contributed by atoms with Crippen LogP contribution in [0.25, 0.3) is 11.1 Å². The first kappa shape index (κ1) is 21.5. The molecule has 1 atom stereocenters. The summed E-state index contributed by atoms with van der Waals surface area (Å²) in [5.74, 6) is -0.731. The van der Waals surface area contributed by atoms with Crippen molar-refractivity contribution < 1.29 is 23.5 Å². The van der Waals surface area contributed by atoms with Crippen LogP contribution in [0.2, 0.25) is 0 Å². The van der Waals surface area contributed by atoms with Crippen LogP contribution in [0.15, 0.2) is 72.8 Å². The number of nitrogens with zero attached hydrogens (tertiary/aromatic N) is 1. The van der Waals surface area contributed by atoms with Crippen LogP contribution < -0.4 is 5.73 Å². The van der Waals surface area contributed by atoms with Gasteiger partial charge in [-0.1, -0.05) is 48.5 Å². The third kappa shape index (κ3) is 4.95. The molecule has 4 rings (SSSR count). The molecular formula is C25H23FN2O4. The van der Waals surface area contributed by atoms with Gasteiger partial charge in [0.25, 0.3) is 0 Å². The van der Waals surface area contributed by atoms with Crippen LogP contribution in [-0.4, -0.2) is 36.7 Å². The lowest BCUT2D eigenvalue weighted by molar-refractivity contribution is 0.0516. The van der Waals surface area contributed by atoms with Gasteiger partial charge in [-0.15, -0.1) is 0 Å². The molecule has 0 aliphatic carbocycles. The molecule has 1 amide bonds. The summed E-state index contributed by atoms with van der Waals surface area (Å²) in [5, 5.41) is 0. The van der Waals surface area contributed by atoms with Gasteiger partial charge < -0.3 is 15.2 Å². The quantitative estimate of drug-likeness (QED) is 0.561. The third-order valence-corrected chi connectivity index (χ3v) is 5.24. The lowest BCUT2D eigenvalue weighted by Crippen LogP contribution is -2.23. The lowest BCUT2D eigenvalue weighted by atomic mass is 10.0. The molecular weight excluding hydrogens is 411 g/mol. The van der Waals surface area contributed by atoms with E-state index in [4.69, 9.17) is 15.2 Å². The first-order valence-corrected chi connectivity index (χ1v) is 10.3. The number of hydrogen-bond donors (Lipinski definition) is 1. The zero-order valence-corrected chi connectivity index (χ0v) is 17.4. The fraction of sp³-hybridized carbons (Fsp3) is 0.200. The smallest absolute Gasteiger partial charge is 0.410 e. The van der Waals surface area contributed by atoms with E-state index in [1.807, 2.05) is 30.3 Å². The fourth-order valence-electron chi connectivity index (χ4n) is 3.57. The Balaban J connectivity index is 1.41. The number of hydrogen-bond acceptors (Lipinski definition) is 5. The molecule has 164 valence electrons. The number of carbonyl (C=O) groups is 2. The van der Waals surface area contributed by atoms with E-state index in [1.54, 1.807) is 35.2 Å². The van der Waals surface area contributed by atoms with Gasteiger partial charge in [-0.2, -0.15) is 0 Å². The van der Waals surface area contributed by atoms with Gasteiger partial charge in [0.2, 0.25) is 0 Å². The molecule has 3 aromatic carbocycles. The number of benzene rings is 3. The van der Waals surface area contributed by atoms with Crippen LogP contribution >= 0.6 is 0 Å². The molecule has 32 heavy (non-hydrogen) atoms. The zero-order chi connectivity index (χ0) is 22.5. The maximum Gasteiger partial charge on any atom is 0.410 e. The van der Waals surface area contributed by atoms with E-state index in [0.717, 1.165) is 22.3 Å². The molecule has 0 spiro atoms. The summed E-state index contributed by atoms with van der Waals surface area (Å²) in [7, 11) is 0. The van der Waals surface area contributed by atoms with E-state index < -0.39 is 18.2 Å². The summed E-state index contributed by atoms with van der Waals surface area (Å²) in [6.07, 6.45) is -0.809. The summed E-state index contributed by atoms with van der Waals surface area (Å²) in [4.78, 5) is 26.0. The molecule has 1 fully saturated rings. The molecule has 2 N–H and O–H groups in total. The Bertz CT molecular complexity index is 1100. The van der Waals surface area contributed by atoms with Crippen LogP contribution in [0.1, 0.15) is 27.6 Å². The van der Waals surface area contributed by atoms with E-state index in [9.17, 15) is 14.0 Å². The summed E-state index contributed by atoms with van der Waals surface area (Å²) in [6, 6.07) is 20.9. The van der Waals surface area contributed by atoms with Crippen LogP contribution in [0.3, 0.4) is 0 Å². The second-order valence-electron chi connectivity index (χ2n) is 7.51. The van der Waals surface area contributed by atoms with E-state index in [1.165, 1.54) is 12.1 Å². The summed E-state index contributed by atoms with van der Waals surface area (Å²) in [5.41, 5.74) is 9.38. The average Bonchev–Trinajstić information content (AvgIpc) is 3.18. The molecule has 1 aliphatic rings. The molecule has 0 aromatic heterocycles. The molecule has 1 saturated heterocycles. The summed E-state index contributed by atoms with van der Waals surface area (Å²) in [6.45, 7) is 1.27.